The number of halogens is 3. The molecule has 0 radical (unpaired) electrons. The van der Waals surface area contributed by atoms with Crippen molar-refractivity contribution in [3.05, 3.63) is 90.0 Å². The molecular weight excluding hydrogens is 470 g/mol. The molecule has 4 aromatic rings. The first-order valence-corrected chi connectivity index (χ1v) is 11.3. The maximum absolute atomic E-state index is 13.4. The zero-order valence-electron chi connectivity index (χ0n) is 19.2. The molecule has 0 bridgehead atoms. The highest BCUT2D eigenvalue weighted by Crippen LogP contribution is 2.33. The number of carbonyl (C=O) groups is 1. The molecule has 1 amide bonds. The second kappa shape index (κ2) is 10.4. The fourth-order valence-corrected chi connectivity index (χ4v) is 4.51. The van der Waals surface area contributed by atoms with Crippen LogP contribution in [0.3, 0.4) is 0 Å². The monoisotopic (exact) mass is 494 g/mol. The van der Waals surface area contributed by atoms with Gasteiger partial charge >= 0.3 is 0 Å². The Bertz CT molecular complexity index is 1330. The summed E-state index contributed by atoms with van der Waals surface area (Å²) in [5.74, 6) is 0.204. The van der Waals surface area contributed by atoms with Crippen LogP contribution in [0.25, 0.3) is 22.0 Å². The third-order valence-electron chi connectivity index (χ3n) is 6.31. The fraction of sp³-hybridized carbons (Fsp3) is 0.222. The summed E-state index contributed by atoms with van der Waals surface area (Å²) >= 11 is 0. The normalized spacial score (nSPS) is 15.7. The van der Waals surface area contributed by atoms with E-state index in [2.05, 4.69) is 22.0 Å². The largest absolute Gasteiger partial charge is 0.348 e. The minimum Gasteiger partial charge on any atom is -0.348 e. The summed E-state index contributed by atoms with van der Waals surface area (Å²) in [4.78, 5) is 16.9. The van der Waals surface area contributed by atoms with Gasteiger partial charge in [-0.3, -0.25) is 4.79 Å². The van der Waals surface area contributed by atoms with Crippen LogP contribution in [0.4, 0.5) is 14.6 Å². The van der Waals surface area contributed by atoms with Crippen molar-refractivity contribution in [1.29, 1.82) is 0 Å². The summed E-state index contributed by atoms with van der Waals surface area (Å²) in [6.45, 7) is 3.84. The van der Waals surface area contributed by atoms with Crippen molar-refractivity contribution >= 4 is 34.9 Å². The van der Waals surface area contributed by atoms with Gasteiger partial charge in [0.1, 0.15) is 17.3 Å². The molecule has 8 heteroatoms. The van der Waals surface area contributed by atoms with Gasteiger partial charge in [-0.2, -0.15) is 0 Å². The molecule has 1 fully saturated rings. The molecule has 1 saturated heterocycles. The number of benzene rings is 3. The van der Waals surface area contributed by atoms with Crippen molar-refractivity contribution in [3.63, 3.8) is 0 Å². The number of piperazine rings is 1. The molecule has 180 valence electrons. The number of rotatable bonds is 4. The first-order valence-electron chi connectivity index (χ1n) is 11.3. The topological polar surface area (TPSA) is 49.3 Å². The van der Waals surface area contributed by atoms with Crippen LogP contribution in [0.5, 0.6) is 0 Å². The zero-order chi connectivity index (χ0) is 23.7. The SMILES string of the molecule is CC1CN(C(=O)Cc2ccc(F)cc2)CCN1c1nnc(-c2ccc(F)cc2)c2ccccc12.Cl. The van der Waals surface area contributed by atoms with Crippen molar-refractivity contribution in [2.24, 2.45) is 0 Å². The molecule has 0 spiro atoms. The molecule has 1 aliphatic heterocycles. The van der Waals surface area contributed by atoms with Crippen molar-refractivity contribution in [2.75, 3.05) is 24.5 Å². The number of amides is 1. The molecule has 0 saturated carbocycles. The van der Waals surface area contributed by atoms with Gasteiger partial charge in [-0.25, -0.2) is 8.78 Å². The van der Waals surface area contributed by atoms with Crippen molar-refractivity contribution in [1.82, 2.24) is 15.1 Å². The molecule has 35 heavy (non-hydrogen) atoms. The molecule has 1 aromatic heterocycles. The first kappa shape index (κ1) is 24.5. The van der Waals surface area contributed by atoms with Crippen molar-refractivity contribution in [2.45, 2.75) is 19.4 Å². The highest BCUT2D eigenvalue weighted by Gasteiger charge is 2.29. The Hall–Kier alpha value is -3.58. The van der Waals surface area contributed by atoms with E-state index in [9.17, 15) is 13.6 Å². The summed E-state index contributed by atoms with van der Waals surface area (Å²) in [5.41, 5.74) is 2.32. The van der Waals surface area contributed by atoms with Crippen LogP contribution in [0.15, 0.2) is 72.8 Å². The number of carbonyl (C=O) groups excluding carboxylic acids is 1. The van der Waals surface area contributed by atoms with Crippen molar-refractivity contribution in [3.8, 4) is 11.3 Å². The smallest absolute Gasteiger partial charge is 0.227 e. The standard InChI is InChI=1S/C27H24F2N4O.ClH/c1-18-17-32(25(34)16-19-6-10-21(28)11-7-19)14-15-33(18)27-24-5-3-2-4-23(24)26(30-31-27)20-8-12-22(29)13-9-20;/h2-13,18H,14-17H2,1H3;1H. The molecule has 1 atom stereocenters. The number of nitrogens with zero attached hydrogens (tertiary/aromatic N) is 4. The minimum atomic E-state index is -0.308. The number of hydrogen-bond acceptors (Lipinski definition) is 4. The summed E-state index contributed by atoms with van der Waals surface area (Å²) in [5, 5.41) is 11.0. The predicted octanol–water partition coefficient (Wildman–Crippen LogP) is 5.28. The molecule has 1 aliphatic rings. The van der Waals surface area contributed by atoms with E-state index in [1.54, 1.807) is 24.3 Å². The maximum atomic E-state index is 13.4. The van der Waals surface area contributed by atoms with E-state index in [0.29, 0.717) is 25.3 Å². The summed E-state index contributed by atoms with van der Waals surface area (Å²) in [7, 11) is 0. The van der Waals surface area contributed by atoms with Crippen LogP contribution in [-0.2, 0) is 11.2 Å². The molecule has 5 rings (SSSR count). The Labute approximate surface area is 208 Å². The Morgan fingerprint density at radius 1 is 0.886 bits per heavy atom. The first-order chi connectivity index (χ1) is 16.5. The van der Waals surface area contributed by atoms with Gasteiger partial charge in [0.2, 0.25) is 5.91 Å². The van der Waals surface area contributed by atoms with Gasteiger partial charge < -0.3 is 9.80 Å². The quantitative estimate of drug-likeness (QED) is 0.387. The van der Waals surface area contributed by atoms with Crippen LogP contribution in [0.2, 0.25) is 0 Å². The van der Waals surface area contributed by atoms with Crippen LogP contribution < -0.4 is 4.90 Å². The zero-order valence-corrected chi connectivity index (χ0v) is 20.0. The number of aromatic nitrogens is 2. The number of hydrogen-bond donors (Lipinski definition) is 0. The molecule has 5 nitrogen and oxygen atoms in total. The van der Waals surface area contributed by atoms with Gasteiger partial charge in [-0.15, -0.1) is 22.6 Å². The summed E-state index contributed by atoms with van der Waals surface area (Å²) in [6, 6.07) is 20.3. The molecule has 2 heterocycles. The fourth-order valence-electron chi connectivity index (χ4n) is 4.51. The Kier molecular flexibility index (Phi) is 7.26. The lowest BCUT2D eigenvalue weighted by Gasteiger charge is -2.40. The lowest BCUT2D eigenvalue weighted by molar-refractivity contribution is -0.131. The molecule has 3 aromatic carbocycles. The Morgan fingerprint density at radius 2 is 1.51 bits per heavy atom. The van der Waals surface area contributed by atoms with Gasteiger partial charge in [-0.05, 0) is 48.9 Å². The number of fused-ring (bicyclic) bond motifs is 1. The Balaban J connectivity index is 0.00000289. The highest BCUT2D eigenvalue weighted by molar-refractivity contribution is 6.00. The van der Waals surface area contributed by atoms with Crippen LogP contribution in [0, 0.1) is 11.6 Å². The maximum Gasteiger partial charge on any atom is 0.227 e. The van der Waals surface area contributed by atoms with E-state index in [0.717, 1.165) is 27.7 Å². The third-order valence-corrected chi connectivity index (χ3v) is 6.31. The van der Waals surface area contributed by atoms with Crippen LogP contribution >= 0.6 is 12.4 Å². The van der Waals surface area contributed by atoms with Crippen molar-refractivity contribution < 1.29 is 13.6 Å². The summed E-state index contributed by atoms with van der Waals surface area (Å²) in [6.07, 6.45) is 0.252. The van der Waals surface area contributed by atoms with E-state index in [1.165, 1.54) is 24.3 Å². The third kappa shape index (κ3) is 5.10. The van der Waals surface area contributed by atoms with Gasteiger partial charge in [0.25, 0.3) is 0 Å². The van der Waals surface area contributed by atoms with Gasteiger partial charge in [0.05, 0.1) is 6.42 Å². The van der Waals surface area contributed by atoms with E-state index in [4.69, 9.17) is 0 Å². The second-order valence-corrected chi connectivity index (χ2v) is 8.61. The summed E-state index contributed by atoms with van der Waals surface area (Å²) < 4.78 is 26.6. The van der Waals surface area contributed by atoms with E-state index >= 15 is 0 Å². The molecule has 0 N–H and O–H groups in total. The highest BCUT2D eigenvalue weighted by atomic mass is 35.5. The minimum absolute atomic E-state index is 0. The van der Waals surface area contributed by atoms with Crippen LogP contribution in [0.1, 0.15) is 12.5 Å². The molecular formula is C27H25ClF2N4O. The van der Waals surface area contributed by atoms with Gasteiger partial charge in [-0.1, -0.05) is 36.4 Å². The average Bonchev–Trinajstić information content (AvgIpc) is 2.85. The van der Waals surface area contributed by atoms with Crippen LogP contribution in [-0.4, -0.2) is 46.7 Å². The number of anilines is 1. The second-order valence-electron chi connectivity index (χ2n) is 8.61. The average molecular weight is 495 g/mol. The lowest BCUT2D eigenvalue weighted by Crippen LogP contribution is -2.54. The Morgan fingerprint density at radius 3 is 2.17 bits per heavy atom. The molecule has 1 unspecified atom stereocenters. The predicted molar refractivity (Wildman–Crippen MR) is 136 cm³/mol. The van der Waals surface area contributed by atoms with Gasteiger partial charge in [0.15, 0.2) is 5.82 Å². The van der Waals surface area contributed by atoms with E-state index < -0.39 is 0 Å². The molecule has 0 aliphatic carbocycles. The van der Waals surface area contributed by atoms with E-state index in [1.807, 2.05) is 29.2 Å². The lowest BCUT2D eigenvalue weighted by atomic mass is 10.0. The van der Waals surface area contributed by atoms with E-state index in [-0.39, 0.29) is 42.4 Å². The van der Waals surface area contributed by atoms with Gasteiger partial charge in [0, 0.05) is 42.0 Å².